The van der Waals surface area contributed by atoms with Gasteiger partial charge in [0.1, 0.15) is 11.5 Å². The second-order valence-corrected chi connectivity index (χ2v) is 6.85. The normalized spacial score (nSPS) is 19.5. The van der Waals surface area contributed by atoms with Gasteiger partial charge in [0.2, 0.25) is 0 Å². The molecular weight excluding hydrogens is 306 g/mol. The Morgan fingerprint density at radius 1 is 1.25 bits per heavy atom. The van der Waals surface area contributed by atoms with Crippen LogP contribution in [0.3, 0.4) is 0 Å². The van der Waals surface area contributed by atoms with Crippen molar-refractivity contribution < 1.29 is 19.0 Å². The Hall–Kier alpha value is -1.91. The summed E-state index contributed by atoms with van der Waals surface area (Å²) in [5.41, 5.74) is 4.02. The molecule has 3 aliphatic rings. The molecular formula is C19H25NO4. The van der Waals surface area contributed by atoms with Gasteiger partial charge < -0.3 is 19.1 Å². The van der Waals surface area contributed by atoms with E-state index in [-0.39, 0.29) is 6.09 Å². The van der Waals surface area contributed by atoms with Gasteiger partial charge in [-0.15, -0.1) is 0 Å². The van der Waals surface area contributed by atoms with Crippen molar-refractivity contribution in [1.82, 2.24) is 4.90 Å². The molecule has 24 heavy (non-hydrogen) atoms. The van der Waals surface area contributed by atoms with Gasteiger partial charge in [0.25, 0.3) is 0 Å². The summed E-state index contributed by atoms with van der Waals surface area (Å²) in [4.78, 5) is 13.7. The van der Waals surface area contributed by atoms with E-state index in [2.05, 4.69) is 6.07 Å². The highest BCUT2D eigenvalue weighted by Gasteiger charge is 2.30. The van der Waals surface area contributed by atoms with Crippen LogP contribution in [0.25, 0.3) is 0 Å². The predicted octanol–water partition coefficient (Wildman–Crippen LogP) is 2.97. The summed E-state index contributed by atoms with van der Waals surface area (Å²) in [5, 5.41) is 0. The van der Waals surface area contributed by atoms with Gasteiger partial charge in [0.15, 0.2) is 0 Å². The first kappa shape index (κ1) is 15.6. The number of likely N-dealkylation sites (tertiary alicyclic amines) is 1. The summed E-state index contributed by atoms with van der Waals surface area (Å²) in [6.07, 6.45) is 4.89. The van der Waals surface area contributed by atoms with E-state index in [1.165, 1.54) is 16.7 Å². The van der Waals surface area contributed by atoms with Gasteiger partial charge in [-0.2, -0.15) is 0 Å². The van der Waals surface area contributed by atoms with E-state index in [0.29, 0.717) is 12.5 Å². The summed E-state index contributed by atoms with van der Waals surface area (Å²) < 4.78 is 16.9. The molecule has 1 aromatic carbocycles. The fraction of sp³-hybridized carbons (Fsp3) is 0.632. The Morgan fingerprint density at radius 2 is 2.04 bits per heavy atom. The second-order valence-electron chi connectivity index (χ2n) is 6.85. The minimum atomic E-state index is -0.172. The third-order valence-electron chi connectivity index (χ3n) is 5.39. The molecule has 1 amide bonds. The van der Waals surface area contributed by atoms with Crippen LogP contribution in [0.5, 0.6) is 11.5 Å². The zero-order valence-electron chi connectivity index (χ0n) is 14.3. The zero-order valence-corrected chi connectivity index (χ0v) is 14.3. The highest BCUT2D eigenvalue weighted by Crippen LogP contribution is 2.42. The monoisotopic (exact) mass is 331 g/mol. The number of carbonyl (C=O) groups is 1. The molecule has 1 aromatic rings. The van der Waals surface area contributed by atoms with Crippen LogP contribution in [-0.4, -0.2) is 43.9 Å². The molecule has 0 unspecified atom stereocenters. The van der Waals surface area contributed by atoms with Gasteiger partial charge in [-0.3, -0.25) is 0 Å². The van der Waals surface area contributed by atoms with Crippen LogP contribution in [0, 0.1) is 5.92 Å². The van der Waals surface area contributed by atoms with E-state index in [9.17, 15) is 4.79 Å². The maximum absolute atomic E-state index is 11.8. The quantitative estimate of drug-likeness (QED) is 0.854. The first-order valence-corrected chi connectivity index (χ1v) is 9.11. The second kappa shape index (κ2) is 6.54. The van der Waals surface area contributed by atoms with Gasteiger partial charge in [0.05, 0.1) is 19.8 Å². The Bertz CT molecular complexity index is 602. The van der Waals surface area contributed by atoms with Crippen LogP contribution in [0.15, 0.2) is 6.07 Å². The standard InChI is InChI=1S/C19H25NO4/c1-2-22-19(21)20-7-3-13(4-8-20)11-16-15-6-10-23-17(15)12-14-5-9-24-18(14)16/h12-13H,2-11H2,1H3. The van der Waals surface area contributed by atoms with E-state index < -0.39 is 0 Å². The Morgan fingerprint density at radius 3 is 2.83 bits per heavy atom. The first-order valence-electron chi connectivity index (χ1n) is 9.11. The predicted molar refractivity (Wildman–Crippen MR) is 89.9 cm³/mol. The van der Waals surface area contributed by atoms with Crippen molar-refractivity contribution in [2.75, 3.05) is 32.9 Å². The number of benzene rings is 1. The molecule has 3 heterocycles. The summed E-state index contributed by atoms with van der Waals surface area (Å²) in [7, 11) is 0. The molecule has 1 saturated heterocycles. The largest absolute Gasteiger partial charge is 0.493 e. The summed E-state index contributed by atoms with van der Waals surface area (Å²) >= 11 is 0. The van der Waals surface area contributed by atoms with Gasteiger partial charge >= 0.3 is 6.09 Å². The van der Waals surface area contributed by atoms with E-state index >= 15 is 0 Å². The van der Waals surface area contributed by atoms with Crippen molar-refractivity contribution in [2.45, 2.75) is 39.0 Å². The molecule has 0 radical (unpaired) electrons. The first-order chi connectivity index (χ1) is 11.8. The van der Waals surface area contributed by atoms with Crippen molar-refractivity contribution >= 4 is 6.09 Å². The number of nitrogens with zero attached hydrogens (tertiary/aromatic N) is 1. The average Bonchev–Trinajstić information content (AvgIpc) is 3.24. The molecule has 0 aromatic heterocycles. The number of carbonyl (C=O) groups excluding carboxylic acids is 1. The van der Waals surface area contributed by atoms with Gasteiger partial charge in [-0.05, 0) is 38.2 Å². The molecule has 0 N–H and O–H groups in total. The number of ether oxygens (including phenoxy) is 3. The maximum Gasteiger partial charge on any atom is 0.409 e. The van der Waals surface area contributed by atoms with Crippen molar-refractivity contribution in [3.05, 3.63) is 22.8 Å². The van der Waals surface area contributed by atoms with E-state index in [0.717, 1.165) is 69.9 Å². The maximum atomic E-state index is 11.8. The van der Waals surface area contributed by atoms with Crippen LogP contribution >= 0.6 is 0 Å². The third-order valence-corrected chi connectivity index (χ3v) is 5.39. The molecule has 0 saturated carbocycles. The van der Waals surface area contributed by atoms with Crippen LogP contribution < -0.4 is 9.47 Å². The minimum Gasteiger partial charge on any atom is -0.493 e. The van der Waals surface area contributed by atoms with Crippen molar-refractivity contribution in [1.29, 1.82) is 0 Å². The highest BCUT2D eigenvalue weighted by molar-refractivity contribution is 5.67. The molecule has 5 nitrogen and oxygen atoms in total. The molecule has 0 spiro atoms. The third kappa shape index (κ3) is 2.80. The van der Waals surface area contributed by atoms with Crippen LogP contribution in [0.2, 0.25) is 0 Å². The zero-order chi connectivity index (χ0) is 16.5. The molecule has 0 aliphatic carbocycles. The number of fused-ring (bicyclic) bond motifs is 2. The Labute approximate surface area is 142 Å². The minimum absolute atomic E-state index is 0.172. The van der Waals surface area contributed by atoms with Crippen LogP contribution in [0.1, 0.15) is 36.5 Å². The molecule has 5 heteroatoms. The van der Waals surface area contributed by atoms with Gasteiger partial charge in [0, 0.05) is 42.6 Å². The molecule has 0 bridgehead atoms. The highest BCUT2D eigenvalue weighted by atomic mass is 16.6. The van der Waals surface area contributed by atoms with Crippen molar-refractivity contribution in [3.8, 4) is 11.5 Å². The van der Waals surface area contributed by atoms with Gasteiger partial charge in [-0.25, -0.2) is 4.79 Å². The lowest BCUT2D eigenvalue weighted by atomic mass is 9.86. The summed E-state index contributed by atoms with van der Waals surface area (Å²) in [6.45, 7) is 5.44. The van der Waals surface area contributed by atoms with Crippen LogP contribution in [0.4, 0.5) is 4.79 Å². The lowest BCUT2D eigenvalue weighted by molar-refractivity contribution is 0.0917. The fourth-order valence-electron chi connectivity index (χ4n) is 4.12. The topological polar surface area (TPSA) is 48.0 Å². The number of hydrogen-bond acceptors (Lipinski definition) is 4. The number of rotatable bonds is 3. The Balaban J connectivity index is 1.47. The SMILES string of the molecule is CCOC(=O)N1CCC(Cc2c3c(cc4c2OCC4)OCC3)CC1. The number of hydrogen-bond donors (Lipinski definition) is 0. The van der Waals surface area contributed by atoms with E-state index in [4.69, 9.17) is 14.2 Å². The molecule has 3 aliphatic heterocycles. The Kier molecular flexibility index (Phi) is 4.25. The lowest BCUT2D eigenvalue weighted by Gasteiger charge is -2.31. The summed E-state index contributed by atoms with van der Waals surface area (Å²) in [6, 6.07) is 2.18. The van der Waals surface area contributed by atoms with Crippen molar-refractivity contribution in [2.24, 2.45) is 5.92 Å². The van der Waals surface area contributed by atoms with E-state index in [1.807, 2.05) is 11.8 Å². The van der Waals surface area contributed by atoms with Crippen molar-refractivity contribution in [3.63, 3.8) is 0 Å². The molecule has 130 valence electrons. The fourth-order valence-corrected chi connectivity index (χ4v) is 4.12. The number of piperidine rings is 1. The molecule has 4 rings (SSSR count). The average molecular weight is 331 g/mol. The van der Waals surface area contributed by atoms with Gasteiger partial charge in [-0.1, -0.05) is 0 Å². The smallest absolute Gasteiger partial charge is 0.409 e. The van der Waals surface area contributed by atoms with E-state index in [1.54, 1.807) is 0 Å². The summed E-state index contributed by atoms with van der Waals surface area (Å²) in [5.74, 6) is 2.78. The molecule has 1 fully saturated rings. The lowest BCUT2D eigenvalue weighted by Crippen LogP contribution is -2.39. The van der Waals surface area contributed by atoms with Crippen LogP contribution in [-0.2, 0) is 24.0 Å². The molecule has 0 atom stereocenters. The number of amides is 1.